The van der Waals surface area contributed by atoms with Crippen LogP contribution in [0.25, 0.3) is 0 Å². The number of amides is 1. The normalized spacial score (nSPS) is 24.9. The molecule has 2 unspecified atom stereocenters. The number of carbonyl (C=O) groups excluding carboxylic acids is 3. The molecule has 7 heteroatoms. The summed E-state index contributed by atoms with van der Waals surface area (Å²) in [5.74, 6) is -1.55. The van der Waals surface area contributed by atoms with Gasteiger partial charge >= 0.3 is 0 Å². The van der Waals surface area contributed by atoms with Crippen LogP contribution in [0.15, 0.2) is 30.4 Å². The molecule has 3 N–H and O–H groups in total. The summed E-state index contributed by atoms with van der Waals surface area (Å²) in [5, 5.41) is 16.5. The Morgan fingerprint density at radius 1 is 1.19 bits per heavy atom. The number of carbonyl (C=O) groups is 3. The van der Waals surface area contributed by atoms with Crippen molar-refractivity contribution in [2.24, 2.45) is 0 Å². The number of allylic oxidation sites excluding steroid dienone is 1. The van der Waals surface area contributed by atoms with Gasteiger partial charge in [-0.3, -0.25) is 19.7 Å². The van der Waals surface area contributed by atoms with Crippen LogP contribution in [0.5, 0.6) is 5.75 Å². The summed E-state index contributed by atoms with van der Waals surface area (Å²) < 4.78 is 0. The van der Waals surface area contributed by atoms with Crippen LogP contribution in [-0.4, -0.2) is 59.7 Å². The van der Waals surface area contributed by atoms with Crippen molar-refractivity contribution < 1.29 is 19.5 Å². The highest BCUT2D eigenvalue weighted by Crippen LogP contribution is 2.31. The van der Waals surface area contributed by atoms with E-state index < -0.39 is 23.7 Å². The average molecular weight is 357 g/mol. The highest BCUT2D eigenvalue weighted by Gasteiger charge is 2.49. The van der Waals surface area contributed by atoms with Gasteiger partial charge in [-0.25, -0.2) is 0 Å². The van der Waals surface area contributed by atoms with Gasteiger partial charge in [0.15, 0.2) is 5.75 Å². The van der Waals surface area contributed by atoms with Crippen LogP contribution < -0.4 is 10.6 Å². The number of rotatable bonds is 5. The number of anilines is 1. The first-order chi connectivity index (χ1) is 12.4. The zero-order valence-corrected chi connectivity index (χ0v) is 14.9. The Kier molecular flexibility index (Phi) is 5.08. The second-order valence-corrected chi connectivity index (χ2v) is 6.86. The third-order valence-corrected chi connectivity index (χ3v) is 4.77. The van der Waals surface area contributed by atoms with E-state index in [0.717, 1.165) is 19.3 Å². The fourth-order valence-corrected chi connectivity index (χ4v) is 3.26. The van der Waals surface area contributed by atoms with Gasteiger partial charge < -0.3 is 15.3 Å². The lowest BCUT2D eigenvalue weighted by molar-refractivity contribution is -0.145. The van der Waals surface area contributed by atoms with E-state index in [1.807, 2.05) is 6.08 Å². The smallest absolute Gasteiger partial charge is 0.257 e. The second kappa shape index (κ2) is 7.29. The number of phenolic OH excluding ortho intramolecular Hbond substituents is 1. The number of hydrogen-bond acceptors (Lipinski definition) is 6. The molecule has 3 atom stereocenters. The third-order valence-electron chi connectivity index (χ3n) is 4.77. The molecule has 2 aliphatic rings. The van der Waals surface area contributed by atoms with E-state index in [-0.39, 0.29) is 28.9 Å². The highest BCUT2D eigenvalue weighted by atomic mass is 16.3. The van der Waals surface area contributed by atoms with Gasteiger partial charge in [0.1, 0.15) is 12.1 Å². The maximum absolute atomic E-state index is 12.1. The van der Waals surface area contributed by atoms with E-state index in [4.69, 9.17) is 0 Å². The van der Waals surface area contributed by atoms with Crippen molar-refractivity contribution in [3.05, 3.63) is 35.9 Å². The molecule has 0 bridgehead atoms. The molecule has 1 amide bonds. The second-order valence-electron chi connectivity index (χ2n) is 6.86. The Balaban J connectivity index is 1.76. The van der Waals surface area contributed by atoms with Crippen LogP contribution in [0.4, 0.5) is 5.69 Å². The Hall–Kier alpha value is -2.67. The fraction of sp³-hybridized carbons (Fsp3) is 0.421. The van der Waals surface area contributed by atoms with Gasteiger partial charge in [0.25, 0.3) is 5.91 Å². The zero-order valence-electron chi connectivity index (χ0n) is 14.9. The number of hydrogen-bond donors (Lipinski definition) is 3. The first-order valence-corrected chi connectivity index (χ1v) is 8.71. The minimum Gasteiger partial charge on any atom is -0.505 e. The summed E-state index contributed by atoms with van der Waals surface area (Å²) in [7, 11) is 3.18. The predicted octanol–water partition coefficient (Wildman–Crippen LogP) is 1.09. The van der Waals surface area contributed by atoms with Crippen molar-refractivity contribution in [3.63, 3.8) is 0 Å². The number of para-hydroxylation sites is 1. The maximum Gasteiger partial charge on any atom is 0.257 e. The largest absolute Gasteiger partial charge is 0.505 e. The SMILES string of the molecule is CN(C)C(=O)c1cccc(NC2C(=O)C(=O)C2N[C@H]2C=CCCC2)c1O. The molecule has 0 spiro atoms. The summed E-state index contributed by atoms with van der Waals surface area (Å²) in [5.41, 5.74) is 0.396. The van der Waals surface area contributed by atoms with Crippen molar-refractivity contribution in [2.75, 3.05) is 19.4 Å². The van der Waals surface area contributed by atoms with Crippen molar-refractivity contribution in [1.29, 1.82) is 0 Å². The molecule has 1 saturated carbocycles. The van der Waals surface area contributed by atoms with Gasteiger partial charge in [0.2, 0.25) is 11.6 Å². The number of benzene rings is 1. The first kappa shape index (κ1) is 18.1. The molecule has 0 saturated heterocycles. The van der Waals surface area contributed by atoms with Crippen LogP contribution in [0.2, 0.25) is 0 Å². The summed E-state index contributed by atoms with van der Waals surface area (Å²) in [6, 6.07) is 3.38. The number of nitrogens with zero attached hydrogens (tertiary/aromatic N) is 1. The van der Waals surface area contributed by atoms with Crippen molar-refractivity contribution in [3.8, 4) is 5.75 Å². The van der Waals surface area contributed by atoms with Gasteiger partial charge in [-0.1, -0.05) is 18.2 Å². The molecule has 3 rings (SSSR count). The Morgan fingerprint density at radius 3 is 2.58 bits per heavy atom. The summed E-state index contributed by atoms with van der Waals surface area (Å²) in [4.78, 5) is 37.5. The lowest BCUT2D eigenvalue weighted by Crippen LogP contribution is -2.68. The minimum absolute atomic E-state index is 0.0605. The molecule has 0 heterocycles. The lowest BCUT2D eigenvalue weighted by Gasteiger charge is -2.37. The Morgan fingerprint density at radius 2 is 1.92 bits per heavy atom. The molecular formula is C19H23N3O4. The van der Waals surface area contributed by atoms with E-state index in [2.05, 4.69) is 16.7 Å². The van der Waals surface area contributed by atoms with E-state index in [1.54, 1.807) is 26.2 Å². The Labute approximate surface area is 152 Å². The number of phenols is 1. The maximum atomic E-state index is 12.1. The molecule has 0 radical (unpaired) electrons. The molecule has 138 valence electrons. The lowest BCUT2D eigenvalue weighted by atomic mass is 9.81. The molecule has 1 aromatic carbocycles. The standard InChI is InChI=1S/C19H23N3O4/c1-22(2)19(26)12-9-6-10-13(16(12)23)21-15-14(17(24)18(15)25)20-11-7-4-3-5-8-11/h4,6-7,9-11,14-15,20-21,23H,3,5,8H2,1-2H3/t11-,14?,15?/m0/s1. The minimum atomic E-state index is -0.756. The van der Waals surface area contributed by atoms with Gasteiger partial charge in [-0.15, -0.1) is 0 Å². The zero-order chi connectivity index (χ0) is 18.8. The quantitative estimate of drug-likeness (QED) is 0.415. The molecule has 2 aliphatic carbocycles. The first-order valence-electron chi connectivity index (χ1n) is 8.71. The van der Waals surface area contributed by atoms with Crippen LogP contribution >= 0.6 is 0 Å². The fourth-order valence-electron chi connectivity index (χ4n) is 3.26. The third kappa shape index (κ3) is 3.35. The monoisotopic (exact) mass is 357 g/mol. The number of nitrogens with one attached hydrogen (secondary N) is 2. The summed E-state index contributed by atoms with van der Waals surface area (Å²) in [6.45, 7) is 0. The van der Waals surface area contributed by atoms with Gasteiger partial charge in [-0.2, -0.15) is 0 Å². The topological polar surface area (TPSA) is 98.7 Å². The predicted molar refractivity (Wildman–Crippen MR) is 97.3 cm³/mol. The van der Waals surface area contributed by atoms with E-state index in [1.165, 1.54) is 11.0 Å². The molecule has 1 aromatic rings. The van der Waals surface area contributed by atoms with Crippen LogP contribution in [-0.2, 0) is 9.59 Å². The summed E-state index contributed by atoms with van der Waals surface area (Å²) in [6.07, 6.45) is 7.06. The van der Waals surface area contributed by atoms with E-state index in [9.17, 15) is 19.5 Å². The molecule has 0 aromatic heterocycles. The van der Waals surface area contributed by atoms with Gasteiger partial charge in [-0.05, 0) is 31.4 Å². The van der Waals surface area contributed by atoms with Crippen LogP contribution in [0, 0.1) is 0 Å². The molecule has 26 heavy (non-hydrogen) atoms. The summed E-state index contributed by atoms with van der Waals surface area (Å²) >= 11 is 0. The van der Waals surface area contributed by atoms with Crippen LogP contribution in [0.1, 0.15) is 29.6 Å². The van der Waals surface area contributed by atoms with E-state index >= 15 is 0 Å². The molecular weight excluding hydrogens is 334 g/mol. The average Bonchev–Trinajstić information content (AvgIpc) is 2.65. The van der Waals surface area contributed by atoms with Gasteiger partial charge in [0.05, 0.1) is 11.3 Å². The van der Waals surface area contributed by atoms with Crippen molar-refractivity contribution in [1.82, 2.24) is 10.2 Å². The van der Waals surface area contributed by atoms with Gasteiger partial charge in [0, 0.05) is 20.1 Å². The van der Waals surface area contributed by atoms with E-state index in [0.29, 0.717) is 0 Å². The number of Topliss-reactive ketones (excluding diaryl/α,β-unsaturated/α-hetero) is 2. The van der Waals surface area contributed by atoms with Crippen molar-refractivity contribution >= 4 is 23.2 Å². The Bertz CT molecular complexity index is 772. The number of aromatic hydroxyl groups is 1. The van der Waals surface area contributed by atoms with Crippen molar-refractivity contribution in [2.45, 2.75) is 37.4 Å². The highest BCUT2D eigenvalue weighted by molar-refractivity contribution is 6.49. The number of ketones is 2. The van der Waals surface area contributed by atoms with Crippen LogP contribution in [0.3, 0.4) is 0 Å². The molecule has 1 fully saturated rings. The molecule has 7 nitrogen and oxygen atoms in total. The molecule has 0 aliphatic heterocycles.